The van der Waals surface area contributed by atoms with Crippen LogP contribution in [0.4, 0.5) is 0 Å². The second kappa shape index (κ2) is 16.1. The van der Waals surface area contributed by atoms with E-state index >= 15 is 0 Å². The van der Waals surface area contributed by atoms with E-state index in [1.807, 2.05) is 0 Å². The summed E-state index contributed by atoms with van der Waals surface area (Å²) in [6.07, 6.45) is 3.37. The van der Waals surface area contributed by atoms with Gasteiger partial charge < -0.3 is 9.59 Å². The monoisotopic (exact) mass is 174 g/mol. The second-order valence-electron chi connectivity index (χ2n) is 1.26. The molecule has 0 aromatic rings. The van der Waals surface area contributed by atoms with E-state index in [4.69, 9.17) is 3.76 Å². The first-order chi connectivity index (χ1) is 4.41. The number of carbonyl (C=O) groups excluding carboxylic acids is 2. The van der Waals surface area contributed by atoms with Crippen molar-refractivity contribution in [1.29, 1.82) is 0 Å². The molecular weight excluding hydrogens is 167 g/mol. The molecule has 0 aromatic carbocycles. The number of halogens is 1. The Bertz CT molecular complexity index is 60.0. The Morgan fingerprint density at radius 3 is 1.67 bits per heavy atom. The van der Waals surface area contributed by atoms with Crippen LogP contribution >= 0.6 is 3.76 Å². The van der Waals surface area contributed by atoms with E-state index in [1.54, 1.807) is 0 Å². The van der Waals surface area contributed by atoms with Crippen molar-refractivity contribution in [3.8, 4) is 0 Å². The molecule has 0 aliphatic heterocycles. The zero-order chi connectivity index (χ0) is 7.54. The van der Waals surface area contributed by atoms with Crippen molar-refractivity contribution in [3.05, 3.63) is 0 Å². The van der Waals surface area contributed by atoms with E-state index in [0.717, 1.165) is 12.6 Å². The molecule has 0 amide bonds. The van der Waals surface area contributed by atoms with Gasteiger partial charge in [-0.1, -0.05) is 0 Å². The third-order valence-electron chi connectivity index (χ3n) is 0.644. The van der Waals surface area contributed by atoms with Crippen LogP contribution < -0.4 is 0 Å². The SMILES string of the molecule is O=CCCCC=O.[Cl][K]. The quantitative estimate of drug-likeness (QED) is 0.360. The molecule has 0 atom stereocenters. The molecule has 0 aromatic heterocycles. The summed E-state index contributed by atoms with van der Waals surface area (Å²) in [4.78, 5) is 19.1. The molecule has 9 heavy (non-hydrogen) atoms. The summed E-state index contributed by atoms with van der Waals surface area (Å²) in [5.74, 6) is 0. The van der Waals surface area contributed by atoms with Crippen molar-refractivity contribution in [2.24, 2.45) is 0 Å². The maximum atomic E-state index is 9.56. The fraction of sp³-hybridized carbons (Fsp3) is 0.600. The van der Waals surface area contributed by atoms with Crippen LogP contribution in [0.1, 0.15) is 19.3 Å². The van der Waals surface area contributed by atoms with Gasteiger partial charge in [-0.2, -0.15) is 0 Å². The Morgan fingerprint density at radius 1 is 1.11 bits per heavy atom. The van der Waals surface area contributed by atoms with Crippen LogP contribution in [-0.4, -0.2) is 59.7 Å². The molecule has 0 saturated carbocycles. The Hall–Kier alpha value is 1.27. The van der Waals surface area contributed by atoms with Gasteiger partial charge in [-0.3, -0.25) is 0 Å². The Morgan fingerprint density at radius 2 is 1.44 bits per heavy atom. The summed E-state index contributed by atoms with van der Waals surface area (Å²) in [6.45, 7) is 0. The summed E-state index contributed by atoms with van der Waals surface area (Å²) < 4.78 is 4.83. The third-order valence-corrected chi connectivity index (χ3v) is 0.644. The molecule has 0 aliphatic rings. The number of aldehydes is 2. The van der Waals surface area contributed by atoms with Crippen molar-refractivity contribution in [1.82, 2.24) is 0 Å². The zero-order valence-corrected chi connectivity index (χ0v) is 9.35. The molecule has 0 N–H and O–H groups in total. The van der Waals surface area contributed by atoms with Gasteiger partial charge >= 0.3 is 50.9 Å². The molecule has 0 bridgehead atoms. The molecule has 48 valence electrons. The summed E-state index contributed by atoms with van der Waals surface area (Å²) in [5, 5.41) is 0. The van der Waals surface area contributed by atoms with Crippen molar-refractivity contribution >= 4 is 63.5 Å². The van der Waals surface area contributed by atoms with E-state index in [-0.39, 0.29) is 0 Å². The van der Waals surface area contributed by atoms with Crippen LogP contribution in [0.25, 0.3) is 0 Å². The van der Waals surface area contributed by atoms with Crippen LogP contribution in [-0.2, 0) is 9.59 Å². The topological polar surface area (TPSA) is 34.1 Å². The number of carbonyl (C=O) groups is 2. The van der Waals surface area contributed by atoms with Crippen LogP contribution in [0, 0.1) is 0 Å². The normalized spacial score (nSPS) is 7.00. The maximum absolute atomic E-state index is 9.56. The van der Waals surface area contributed by atoms with Crippen molar-refractivity contribution in [2.45, 2.75) is 19.3 Å². The standard InChI is InChI=1S/C5H8O2.ClH.K/c6-4-2-1-3-5-7;;/h4-5H,1-3H2;1H;/q;;+1/p-1. The first kappa shape index (κ1) is 12.9. The summed E-state index contributed by atoms with van der Waals surface area (Å²) in [7, 11) is 0. The predicted octanol–water partition coefficient (Wildman–Crippen LogP) is 0.863. The van der Waals surface area contributed by atoms with E-state index in [0.29, 0.717) is 66.4 Å². The summed E-state index contributed by atoms with van der Waals surface area (Å²) in [6, 6.07) is 0. The van der Waals surface area contributed by atoms with Gasteiger partial charge in [0.2, 0.25) is 0 Å². The van der Waals surface area contributed by atoms with Crippen molar-refractivity contribution in [3.63, 3.8) is 0 Å². The van der Waals surface area contributed by atoms with E-state index < -0.39 is 0 Å². The third kappa shape index (κ3) is 17.6. The Kier molecular flexibility index (Phi) is 23.1. The Labute approximate surface area is 90.7 Å². The summed E-state index contributed by atoms with van der Waals surface area (Å²) in [5.41, 5.74) is 0. The average molecular weight is 175 g/mol. The van der Waals surface area contributed by atoms with Gasteiger partial charge in [-0.15, -0.1) is 0 Å². The first-order valence-corrected chi connectivity index (χ1v) is 6.96. The van der Waals surface area contributed by atoms with E-state index in [9.17, 15) is 9.59 Å². The fourth-order valence-corrected chi connectivity index (χ4v) is 0.285. The summed E-state index contributed by atoms with van der Waals surface area (Å²) >= 11 is 0.535. The Balaban J connectivity index is 0. The molecule has 0 aliphatic carbocycles. The minimum atomic E-state index is 0.513. The molecule has 2 nitrogen and oxygen atoms in total. The van der Waals surface area contributed by atoms with Crippen LogP contribution in [0.5, 0.6) is 0 Å². The second-order valence-corrected chi connectivity index (χ2v) is 1.26. The van der Waals surface area contributed by atoms with Gasteiger partial charge in [0.25, 0.3) is 0 Å². The van der Waals surface area contributed by atoms with Gasteiger partial charge in [-0.25, -0.2) is 0 Å². The molecule has 0 unspecified atom stereocenters. The molecule has 4 heteroatoms. The first-order valence-electron chi connectivity index (χ1n) is 2.67. The molecule has 0 saturated heterocycles. The molecular formula is C5H8ClKO2. The molecule has 0 heterocycles. The van der Waals surface area contributed by atoms with E-state index in [1.165, 1.54) is 0 Å². The van der Waals surface area contributed by atoms with Gasteiger partial charge in [-0.05, 0) is 6.42 Å². The van der Waals surface area contributed by atoms with Crippen molar-refractivity contribution < 1.29 is 9.59 Å². The number of rotatable bonds is 4. The predicted molar refractivity (Wildman–Crippen MR) is 37.6 cm³/mol. The fourth-order valence-electron chi connectivity index (χ4n) is 0.285. The molecule has 0 rings (SSSR count). The van der Waals surface area contributed by atoms with Gasteiger partial charge in [0.05, 0.1) is 0 Å². The van der Waals surface area contributed by atoms with Gasteiger partial charge in [0, 0.05) is 12.8 Å². The number of hydrogen-bond donors (Lipinski definition) is 0. The molecule has 0 fully saturated rings. The van der Waals surface area contributed by atoms with Crippen LogP contribution in [0.3, 0.4) is 0 Å². The minimum absolute atomic E-state index is 0.513. The van der Waals surface area contributed by atoms with E-state index in [2.05, 4.69) is 0 Å². The van der Waals surface area contributed by atoms with Gasteiger partial charge in [0.15, 0.2) is 0 Å². The average Bonchev–Trinajstić information content (AvgIpc) is 1.94. The van der Waals surface area contributed by atoms with Crippen LogP contribution in [0.2, 0.25) is 0 Å². The zero-order valence-electron chi connectivity index (χ0n) is 5.47. The molecule has 0 spiro atoms. The molecule has 0 radical (unpaired) electrons. The van der Waals surface area contributed by atoms with Crippen LogP contribution in [0.15, 0.2) is 0 Å². The van der Waals surface area contributed by atoms with Gasteiger partial charge in [0.1, 0.15) is 12.6 Å². The number of hydrogen-bond acceptors (Lipinski definition) is 2. The van der Waals surface area contributed by atoms with Crippen molar-refractivity contribution in [2.75, 3.05) is 0 Å². The number of unbranched alkanes of at least 4 members (excludes halogenated alkanes) is 2.